The summed E-state index contributed by atoms with van der Waals surface area (Å²) in [6.07, 6.45) is 8.18. The van der Waals surface area contributed by atoms with Gasteiger partial charge in [0.2, 0.25) is 10.0 Å². The van der Waals surface area contributed by atoms with Crippen LogP contribution in [0.25, 0.3) is 0 Å². The second-order valence-electron chi connectivity index (χ2n) is 16.7. The van der Waals surface area contributed by atoms with E-state index in [1.54, 1.807) is 6.07 Å². The number of ether oxygens (including phenoxy) is 1. The Labute approximate surface area is 287 Å². The molecule has 1 amide bonds. The molecule has 2 saturated carbocycles. The fourth-order valence-corrected chi connectivity index (χ4v) is 12.0. The third-order valence-electron chi connectivity index (χ3n) is 12.7. The highest BCUT2D eigenvalue weighted by molar-refractivity contribution is 7.90. The van der Waals surface area contributed by atoms with Gasteiger partial charge >= 0.3 is 0 Å². The lowest BCUT2D eigenvalue weighted by Gasteiger charge is -2.52. The smallest absolute Gasteiger partial charge is 0.264 e. The third-order valence-corrected chi connectivity index (χ3v) is 19.2. The van der Waals surface area contributed by atoms with Crippen LogP contribution in [0, 0.1) is 17.8 Å². The van der Waals surface area contributed by atoms with E-state index in [1.807, 2.05) is 18.2 Å². The Morgan fingerprint density at radius 1 is 1.04 bits per heavy atom. The molecule has 5 aliphatic rings. The van der Waals surface area contributed by atoms with Crippen LogP contribution in [0.1, 0.15) is 93.6 Å². The summed E-state index contributed by atoms with van der Waals surface area (Å²) in [5, 5.41) is 0.204. The topological polar surface area (TPSA) is 84.9 Å². The number of nitrogens with zero attached hydrogens (tertiary/aromatic N) is 1. The maximum Gasteiger partial charge on any atom is 0.264 e. The van der Waals surface area contributed by atoms with Gasteiger partial charge in [-0.15, -0.1) is 0 Å². The second kappa shape index (κ2) is 12.1. The highest BCUT2D eigenvalue weighted by Crippen LogP contribution is 2.50. The number of fused-ring (bicyclic) bond motifs is 6. The van der Waals surface area contributed by atoms with E-state index in [0.717, 1.165) is 74.5 Å². The number of sulfonamides is 1. The molecular formula is C37H51ClN2O5SSi. The predicted octanol–water partition coefficient (Wildman–Crippen LogP) is 7.86. The zero-order chi connectivity index (χ0) is 33.4. The predicted molar refractivity (Wildman–Crippen MR) is 191 cm³/mol. The summed E-state index contributed by atoms with van der Waals surface area (Å²) >= 11 is 6.47. The molecule has 0 radical (unpaired) electrons. The first-order valence-corrected chi connectivity index (χ1v) is 22.5. The average Bonchev–Trinajstić information content (AvgIpc) is 3.14. The van der Waals surface area contributed by atoms with Crippen LogP contribution in [0.4, 0.5) is 5.69 Å². The molecule has 1 N–H and O–H groups in total. The molecular weight excluding hydrogens is 648 g/mol. The number of carbonyl (C=O) groups is 1. The van der Waals surface area contributed by atoms with Crippen molar-refractivity contribution in [3.63, 3.8) is 0 Å². The molecule has 47 heavy (non-hydrogen) atoms. The van der Waals surface area contributed by atoms with Gasteiger partial charge in [-0.3, -0.25) is 4.79 Å². The average molecular weight is 699 g/mol. The number of amides is 1. The van der Waals surface area contributed by atoms with E-state index in [0.29, 0.717) is 36.8 Å². The van der Waals surface area contributed by atoms with Gasteiger partial charge in [0.15, 0.2) is 8.32 Å². The van der Waals surface area contributed by atoms with E-state index in [-0.39, 0.29) is 22.5 Å². The summed E-state index contributed by atoms with van der Waals surface area (Å²) in [5.74, 6) is 1.08. The van der Waals surface area contributed by atoms with E-state index < -0.39 is 29.5 Å². The normalized spacial score (nSPS) is 32.1. The van der Waals surface area contributed by atoms with Crippen molar-refractivity contribution in [1.82, 2.24) is 4.72 Å². The Balaban J connectivity index is 1.32. The Morgan fingerprint density at radius 2 is 1.85 bits per heavy atom. The fraction of sp³-hybridized carbons (Fsp3) is 0.649. The van der Waals surface area contributed by atoms with Crippen molar-refractivity contribution in [2.24, 2.45) is 17.8 Å². The summed E-state index contributed by atoms with van der Waals surface area (Å²) in [6.45, 7) is 13.6. The molecule has 256 valence electrons. The van der Waals surface area contributed by atoms with Crippen molar-refractivity contribution in [3.8, 4) is 5.75 Å². The van der Waals surface area contributed by atoms with Crippen molar-refractivity contribution in [2.45, 2.75) is 113 Å². The van der Waals surface area contributed by atoms with Gasteiger partial charge in [0.25, 0.3) is 5.91 Å². The number of halogens is 1. The number of hydrogen-bond donors (Lipinski definition) is 1. The summed E-state index contributed by atoms with van der Waals surface area (Å²) < 4.78 is 44.1. The zero-order valence-electron chi connectivity index (χ0n) is 28.6. The molecule has 1 spiro atoms. The third kappa shape index (κ3) is 6.16. The first-order chi connectivity index (χ1) is 22.2. The van der Waals surface area contributed by atoms with E-state index >= 15 is 0 Å². The van der Waals surface area contributed by atoms with Gasteiger partial charge in [-0.25, -0.2) is 13.1 Å². The first-order valence-electron chi connectivity index (χ1n) is 17.7. The molecule has 2 aromatic rings. The highest BCUT2D eigenvalue weighted by atomic mass is 35.5. The van der Waals surface area contributed by atoms with Crippen LogP contribution in [0.15, 0.2) is 36.4 Å². The monoisotopic (exact) mass is 698 g/mol. The Kier molecular flexibility index (Phi) is 8.58. The molecule has 2 fully saturated rings. The van der Waals surface area contributed by atoms with Gasteiger partial charge in [-0.1, -0.05) is 44.9 Å². The maximum atomic E-state index is 13.8. The van der Waals surface area contributed by atoms with Gasteiger partial charge in [-0.2, -0.15) is 0 Å². The molecule has 2 heterocycles. The molecule has 3 aliphatic carbocycles. The van der Waals surface area contributed by atoms with Crippen LogP contribution < -0.4 is 14.4 Å². The molecule has 7 nitrogen and oxygen atoms in total. The Bertz CT molecular complexity index is 1660. The van der Waals surface area contributed by atoms with Gasteiger partial charge < -0.3 is 14.1 Å². The van der Waals surface area contributed by atoms with Crippen LogP contribution in [-0.2, 0) is 26.3 Å². The minimum atomic E-state index is -3.87. The molecule has 0 aromatic heterocycles. The zero-order valence-corrected chi connectivity index (χ0v) is 31.2. The van der Waals surface area contributed by atoms with Crippen LogP contribution in [0.5, 0.6) is 5.75 Å². The van der Waals surface area contributed by atoms with Gasteiger partial charge in [0.05, 0.1) is 23.6 Å². The highest BCUT2D eigenvalue weighted by Gasteiger charge is 2.50. The van der Waals surface area contributed by atoms with Crippen molar-refractivity contribution in [1.29, 1.82) is 0 Å². The number of anilines is 1. The number of nitrogens with one attached hydrogen (secondary N) is 1. The quantitative estimate of drug-likeness (QED) is 0.322. The molecule has 6 atom stereocenters. The maximum absolute atomic E-state index is 13.8. The van der Waals surface area contributed by atoms with Crippen molar-refractivity contribution < 1.29 is 22.4 Å². The minimum Gasteiger partial charge on any atom is -0.490 e. The molecule has 1 unspecified atom stereocenters. The standard InChI is InChI=1S/C37H51ClN2O5SSi/c1-36(2,3)47(4,5)45-34-25-8-6-10-29(19-25)46(42,43)39-35(41)26-12-16-33-32(20-26)40(21-27-11-14-30(27)34)22-37(23-44-33)17-7-9-24-18-28(38)13-15-31(24)37/h12-13,15-16,18,20,25,27,29-30,34H,6-11,14,17,19,21-23H2,1-5H3,(H,39,41)/t25-,27+,29?,30-,34-,37+/m1/s1. The first kappa shape index (κ1) is 33.4. The summed E-state index contributed by atoms with van der Waals surface area (Å²) in [4.78, 5) is 16.1. The van der Waals surface area contributed by atoms with Crippen molar-refractivity contribution in [2.75, 3.05) is 24.6 Å². The number of carbonyl (C=O) groups excluding carboxylic acids is 1. The molecule has 10 heteroatoms. The SMILES string of the molecule is CC(C)(C)[Si](C)(C)O[C@@H]1[C@@H]2CCCC(C2)S(=O)(=O)NC(=O)c2ccc3c(c2)N(C[C@@H]2CC[C@H]21)C[C@@]1(CCCc2cc(Cl)ccc21)CO3. The lowest BCUT2D eigenvalue weighted by molar-refractivity contribution is -0.0227. The Hall–Kier alpha value is -2.07. The largest absolute Gasteiger partial charge is 0.490 e. The van der Waals surface area contributed by atoms with E-state index in [4.69, 9.17) is 20.8 Å². The van der Waals surface area contributed by atoms with Crippen LogP contribution >= 0.6 is 11.6 Å². The minimum absolute atomic E-state index is 0.00632. The summed E-state index contributed by atoms with van der Waals surface area (Å²) in [5.41, 5.74) is 3.60. The van der Waals surface area contributed by atoms with Crippen LogP contribution in [-0.4, -0.2) is 53.7 Å². The van der Waals surface area contributed by atoms with Gasteiger partial charge in [-0.05, 0) is 129 Å². The van der Waals surface area contributed by atoms with E-state index in [1.165, 1.54) is 11.1 Å². The molecule has 2 aromatic carbocycles. The summed E-state index contributed by atoms with van der Waals surface area (Å²) in [7, 11) is -6.04. The van der Waals surface area contributed by atoms with Gasteiger partial charge in [0, 0.05) is 29.1 Å². The van der Waals surface area contributed by atoms with Crippen molar-refractivity contribution >= 4 is 41.5 Å². The van der Waals surface area contributed by atoms with Crippen LogP contribution in [0.2, 0.25) is 23.2 Å². The Morgan fingerprint density at radius 3 is 2.60 bits per heavy atom. The summed E-state index contributed by atoms with van der Waals surface area (Å²) in [6, 6.07) is 11.7. The molecule has 0 saturated heterocycles. The van der Waals surface area contributed by atoms with E-state index in [2.05, 4.69) is 55.6 Å². The number of benzene rings is 2. The van der Waals surface area contributed by atoms with Gasteiger partial charge in [0.1, 0.15) is 5.75 Å². The molecule has 7 rings (SSSR count). The number of hydrogen-bond acceptors (Lipinski definition) is 6. The lowest BCUT2D eigenvalue weighted by Crippen LogP contribution is -2.55. The lowest BCUT2D eigenvalue weighted by atomic mass is 9.65. The molecule has 4 bridgehead atoms. The van der Waals surface area contributed by atoms with E-state index in [9.17, 15) is 13.2 Å². The number of aryl methyl sites for hydroxylation is 1. The molecule has 2 aliphatic heterocycles. The van der Waals surface area contributed by atoms with Crippen molar-refractivity contribution in [3.05, 3.63) is 58.1 Å². The second-order valence-corrected chi connectivity index (χ2v) is 23.8. The van der Waals surface area contributed by atoms with Crippen LogP contribution in [0.3, 0.4) is 0 Å². The number of rotatable bonds is 2. The fourth-order valence-electron chi connectivity index (χ4n) is 8.88.